The fraction of sp³-hybridized carbons (Fsp3) is 0.500. The summed E-state index contributed by atoms with van der Waals surface area (Å²) in [7, 11) is 1.70. The summed E-state index contributed by atoms with van der Waals surface area (Å²) in [6, 6.07) is 0. The van der Waals surface area contributed by atoms with E-state index in [1.165, 1.54) is 10.9 Å². The molecule has 0 aliphatic rings. The maximum Gasteiger partial charge on any atom is 0.402 e. The lowest BCUT2D eigenvalue weighted by Gasteiger charge is -1.95. The van der Waals surface area contributed by atoms with E-state index in [1.807, 2.05) is 0 Å². The normalized spacial score (nSPS) is 6.13. The van der Waals surface area contributed by atoms with Gasteiger partial charge in [0.05, 0.1) is 6.20 Å². The molecule has 1 aromatic rings. The predicted octanol–water partition coefficient (Wildman–Crippen LogP) is 2.00. The number of hydrogen-bond donors (Lipinski definition) is 6. The summed E-state index contributed by atoms with van der Waals surface area (Å²) in [5, 5.41) is 20.6. The molecule has 0 saturated heterocycles. The van der Waals surface area contributed by atoms with Crippen LogP contribution in [0.4, 0.5) is 21.1 Å². The third-order valence-electron chi connectivity index (χ3n) is 1.20. The Morgan fingerprint density at radius 1 is 1.13 bits per heavy atom. The summed E-state index contributed by atoms with van der Waals surface area (Å²) < 4.78 is 1.48. The van der Waals surface area contributed by atoms with Crippen molar-refractivity contribution in [3.63, 3.8) is 0 Å². The van der Waals surface area contributed by atoms with Crippen LogP contribution in [0.25, 0.3) is 0 Å². The third-order valence-corrected chi connectivity index (χ3v) is 1.20. The van der Waals surface area contributed by atoms with Gasteiger partial charge in [-0.25, -0.2) is 9.59 Å². The van der Waals surface area contributed by atoms with E-state index in [-0.39, 0.29) is 37.1 Å². The van der Waals surface area contributed by atoms with Crippen molar-refractivity contribution in [3.8, 4) is 0 Å². The molecular weight excluding hydrogens is 308 g/mol. The smallest absolute Gasteiger partial charge is 0.402 e. The largest absolute Gasteiger partial charge is 0.465 e. The zero-order valence-corrected chi connectivity index (χ0v) is 9.40. The molecule has 9 N–H and O–H groups in total. The molecule has 0 fully saturated rings. The number of nitrogens with one attached hydrogen (secondary N) is 1. The van der Waals surface area contributed by atoms with Crippen LogP contribution in [0.1, 0.15) is 37.1 Å². The Bertz CT molecular complexity index is 389. The molecule has 0 aliphatic heterocycles. The summed E-state index contributed by atoms with van der Waals surface area (Å²) >= 11 is 0. The van der Waals surface area contributed by atoms with Crippen LogP contribution >= 0.6 is 0 Å². The van der Waals surface area contributed by atoms with Gasteiger partial charge in [0.15, 0.2) is 0 Å². The first kappa shape index (κ1) is 42.7. The minimum atomic E-state index is -1.33. The van der Waals surface area contributed by atoms with Crippen molar-refractivity contribution in [1.82, 2.24) is 9.78 Å². The van der Waals surface area contributed by atoms with Crippen molar-refractivity contribution in [2.75, 3.05) is 11.1 Å². The number of anilines is 2. The molecule has 1 rings (SSSR count). The molecule has 1 heterocycles. The molecule has 0 aliphatic carbocycles. The van der Waals surface area contributed by atoms with Gasteiger partial charge in [-0.3, -0.25) is 9.48 Å². The SMILES string of the molecule is C.C.C.C.C.Cn1ncc(NC=O)c1N.NC(=O)O.NC(=O)O. The molecule has 23 heavy (non-hydrogen) atoms. The Hall–Kier alpha value is -2.98. The Morgan fingerprint density at radius 2 is 1.43 bits per heavy atom. The minimum absolute atomic E-state index is 0. The van der Waals surface area contributed by atoms with E-state index in [4.69, 9.17) is 25.5 Å². The fourth-order valence-electron chi connectivity index (χ4n) is 0.622. The minimum Gasteiger partial charge on any atom is -0.465 e. The molecule has 0 saturated carbocycles. The number of nitrogens with two attached hydrogens (primary N) is 3. The van der Waals surface area contributed by atoms with Gasteiger partial charge >= 0.3 is 12.2 Å². The number of carbonyl (C=O) groups is 3. The maximum atomic E-state index is 9.93. The molecule has 0 spiro atoms. The summed E-state index contributed by atoms with van der Waals surface area (Å²) in [4.78, 5) is 27.5. The van der Waals surface area contributed by atoms with E-state index >= 15 is 0 Å². The van der Waals surface area contributed by atoms with Crippen molar-refractivity contribution in [1.29, 1.82) is 0 Å². The van der Waals surface area contributed by atoms with Gasteiger partial charge in [-0.1, -0.05) is 37.1 Å². The molecular formula is C12H34N6O5. The second-order valence-electron chi connectivity index (χ2n) is 2.51. The van der Waals surface area contributed by atoms with Crippen LogP contribution in [0.5, 0.6) is 0 Å². The van der Waals surface area contributed by atoms with Gasteiger partial charge in [0.2, 0.25) is 6.41 Å². The average molecular weight is 342 g/mol. The van der Waals surface area contributed by atoms with E-state index in [9.17, 15) is 4.79 Å². The fourth-order valence-corrected chi connectivity index (χ4v) is 0.622. The highest BCUT2D eigenvalue weighted by Crippen LogP contribution is 2.13. The standard InChI is InChI=1S/C5H8N4O.2CH3NO2.5CH4/c1-9-5(6)4(2-8-9)7-3-10;2*2-1(3)4;;;;;/h2-3H,6H2,1H3,(H,7,10);2*2H2,(H,3,4);5*1H4. The summed E-state index contributed by atoms with van der Waals surface area (Å²) in [5.74, 6) is 0.451. The van der Waals surface area contributed by atoms with E-state index in [2.05, 4.69) is 21.9 Å². The number of carbonyl (C=O) groups excluding carboxylic acids is 1. The summed E-state index contributed by atoms with van der Waals surface area (Å²) in [6.45, 7) is 0. The molecule has 142 valence electrons. The zero-order valence-electron chi connectivity index (χ0n) is 9.40. The molecule has 0 aromatic carbocycles. The maximum absolute atomic E-state index is 9.93. The molecule has 0 atom stereocenters. The van der Waals surface area contributed by atoms with E-state index in [0.717, 1.165) is 0 Å². The Balaban J connectivity index is -0.0000000347. The van der Waals surface area contributed by atoms with E-state index in [0.29, 0.717) is 17.9 Å². The number of carboxylic acid groups (broad SMARTS) is 2. The Kier molecular flexibility index (Phi) is 44.7. The topological polar surface area (TPSA) is 200 Å². The lowest BCUT2D eigenvalue weighted by Crippen LogP contribution is -2.03. The quantitative estimate of drug-likeness (QED) is 0.441. The van der Waals surface area contributed by atoms with Crippen molar-refractivity contribution >= 4 is 30.1 Å². The lowest BCUT2D eigenvalue weighted by molar-refractivity contribution is -0.105. The number of amides is 3. The number of hydrogen-bond acceptors (Lipinski definition) is 5. The highest BCUT2D eigenvalue weighted by molar-refractivity contribution is 5.77. The summed E-state index contributed by atoms with van der Waals surface area (Å²) in [6.07, 6.45) is -0.614. The lowest BCUT2D eigenvalue weighted by atomic mass is 10.5. The van der Waals surface area contributed by atoms with E-state index in [1.54, 1.807) is 7.05 Å². The van der Waals surface area contributed by atoms with Gasteiger partial charge in [-0.05, 0) is 0 Å². The number of nitrogens with zero attached hydrogens (tertiary/aromatic N) is 2. The van der Waals surface area contributed by atoms with Gasteiger partial charge in [0.1, 0.15) is 11.5 Å². The molecule has 0 bridgehead atoms. The molecule has 1 aromatic heterocycles. The van der Waals surface area contributed by atoms with Gasteiger partial charge in [0, 0.05) is 7.05 Å². The second kappa shape index (κ2) is 24.1. The van der Waals surface area contributed by atoms with Crippen LogP contribution in [-0.4, -0.2) is 38.6 Å². The van der Waals surface area contributed by atoms with Crippen LogP contribution in [0.15, 0.2) is 6.20 Å². The highest BCUT2D eigenvalue weighted by Gasteiger charge is 2.00. The Morgan fingerprint density at radius 3 is 1.61 bits per heavy atom. The molecule has 11 heteroatoms. The van der Waals surface area contributed by atoms with Crippen LogP contribution < -0.4 is 22.5 Å². The van der Waals surface area contributed by atoms with Crippen molar-refractivity contribution in [2.45, 2.75) is 37.1 Å². The van der Waals surface area contributed by atoms with Crippen molar-refractivity contribution < 1.29 is 24.6 Å². The summed E-state index contributed by atoms with van der Waals surface area (Å²) in [5.41, 5.74) is 14.1. The van der Waals surface area contributed by atoms with E-state index < -0.39 is 12.2 Å². The van der Waals surface area contributed by atoms with Gasteiger partial charge in [-0.2, -0.15) is 5.10 Å². The Labute approximate surface area is 138 Å². The number of aromatic nitrogens is 2. The zero-order chi connectivity index (χ0) is 14.7. The molecule has 11 nitrogen and oxygen atoms in total. The molecule has 3 amide bonds. The molecule has 0 radical (unpaired) electrons. The van der Waals surface area contributed by atoms with Gasteiger partial charge in [0.25, 0.3) is 0 Å². The van der Waals surface area contributed by atoms with Crippen molar-refractivity contribution in [2.24, 2.45) is 18.5 Å². The van der Waals surface area contributed by atoms with Crippen LogP contribution in [0.2, 0.25) is 0 Å². The monoisotopic (exact) mass is 342 g/mol. The van der Waals surface area contributed by atoms with Crippen LogP contribution in [0.3, 0.4) is 0 Å². The van der Waals surface area contributed by atoms with Crippen LogP contribution in [0, 0.1) is 0 Å². The first-order valence-corrected chi connectivity index (χ1v) is 4.16. The first-order valence-electron chi connectivity index (χ1n) is 4.16. The van der Waals surface area contributed by atoms with Gasteiger partial charge < -0.3 is 32.7 Å². The third kappa shape index (κ3) is 32.5. The number of nitrogen functional groups attached to an aromatic ring is 1. The predicted molar refractivity (Wildman–Crippen MR) is 95.4 cm³/mol. The number of primary amides is 2. The van der Waals surface area contributed by atoms with Crippen LogP contribution in [-0.2, 0) is 11.8 Å². The van der Waals surface area contributed by atoms with Gasteiger partial charge in [-0.15, -0.1) is 0 Å². The number of aryl methyl sites for hydroxylation is 1. The molecule has 0 unspecified atom stereocenters. The second-order valence-corrected chi connectivity index (χ2v) is 2.51. The highest BCUT2D eigenvalue weighted by atomic mass is 16.4. The first-order chi connectivity index (χ1) is 8.22. The number of rotatable bonds is 2. The van der Waals surface area contributed by atoms with Crippen molar-refractivity contribution in [3.05, 3.63) is 6.20 Å². The average Bonchev–Trinajstić information content (AvgIpc) is 2.48.